The number of aromatic nitrogens is 2. The van der Waals surface area contributed by atoms with Crippen LogP contribution in [0, 0.1) is 10.1 Å². The molecule has 1 aliphatic carbocycles. The van der Waals surface area contributed by atoms with Crippen molar-refractivity contribution < 1.29 is 4.92 Å². The van der Waals surface area contributed by atoms with Crippen molar-refractivity contribution in [1.29, 1.82) is 0 Å². The Balaban J connectivity index is 2.31. The lowest BCUT2D eigenvalue weighted by Gasteiger charge is -2.42. The number of hydrogen-bond donors (Lipinski definition) is 2. The highest BCUT2D eigenvalue weighted by Crippen LogP contribution is 2.39. The summed E-state index contributed by atoms with van der Waals surface area (Å²) in [5, 5.41) is 17.0. The van der Waals surface area contributed by atoms with Gasteiger partial charge in [0.1, 0.15) is 6.20 Å². The molecule has 0 amide bonds. The Labute approximate surface area is 105 Å². The predicted molar refractivity (Wildman–Crippen MR) is 68.7 cm³/mol. The topological polar surface area (TPSA) is 93.0 Å². The van der Waals surface area contributed by atoms with Crippen molar-refractivity contribution in [2.45, 2.75) is 38.1 Å². The molecule has 7 nitrogen and oxygen atoms in total. The van der Waals surface area contributed by atoms with E-state index in [4.69, 9.17) is 0 Å². The highest BCUT2D eigenvalue weighted by atomic mass is 16.6. The minimum atomic E-state index is -0.455. The zero-order valence-corrected chi connectivity index (χ0v) is 10.6. The van der Waals surface area contributed by atoms with Gasteiger partial charge < -0.3 is 10.6 Å². The van der Waals surface area contributed by atoms with Gasteiger partial charge in [-0.1, -0.05) is 6.92 Å². The number of nitrogens with one attached hydrogen (secondary N) is 2. The Morgan fingerprint density at radius 3 is 2.72 bits per heavy atom. The van der Waals surface area contributed by atoms with Crippen molar-refractivity contribution in [2.24, 2.45) is 0 Å². The SMILES string of the molecule is CCC1(Nc2nc(NC)ncc2[N+](=O)[O-])CCC1. The van der Waals surface area contributed by atoms with Gasteiger partial charge >= 0.3 is 5.69 Å². The molecule has 0 unspecified atom stereocenters. The molecule has 0 radical (unpaired) electrons. The summed E-state index contributed by atoms with van der Waals surface area (Å²) in [7, 11) is 1.68. The van der Waals surface area contributed by atoms with Gasteiger partial charge in [0, 0.05) is 12.6 Å². The van der Waals surface area contributed by atoms with Crippen molar-refractivity contribution in [3.05, 3.63) is 16.3 Å². The van der Waals surface area contributed by atoms with Crippen LogP contribution in [0.1, 0.15) is 32.6 Å². The molecular weight excluding hydrogens is 234 g/mol. The van der Waals surface area contributed by atoms with E-state index >= 15 is 0 Å². The molecule has 18 heavy (non-hydrogen) atoms. The van der Waals surface area contributed by atoms with Crippen LogP contribution in [0.2, 0.25) is 0 Å². The van der Waals surface area contributed by atoms with Crippen LogP contribution in [-0.2, 0) is 0 Å². The van der Waals surface area contributed by atoms with E-state index in [0.29, 0.717) is 11.8 Å². The predicted octanol–water partition coefficient (Wildman–Crippen LogP) is 2.17. The van der Waals surface area contributed by atoms with Crippen LogP contribution < -0.4 is 10.6 Å². The van der Waals surface area contributed by atoms with E-state index in [2.05, 4.69) is 27.5 Å². The second-order valence-electron chi connectivity index (χ2n) is 4.55. The van der Waals surface area contributed by atoms with E-state index in [1.54, 1.807) is 7.05 Å². The third-order valence-corrected chi connectivity index (χ3v) is 3.56. The lowest BCUT2D eigenvalue weighted by Crippen LogP contribution is -2.44. The number of nitrogens with zero attached hydrogens (tertiary/aromatic N) is 3. The lowest BCUT2D eigenvalue weighted by molar-refractivity contribution is -0.384. The summed E-state index contributed by atoms with van der Waals surface area (Å²) in [6.07, 6.45) is 5.38. The second-order valence-corrected chi connectivity index (χ2v) is 4.55. The number of hydrogen-bond acceptors (Lipinski definition) is 6. The quantitative estimate of drug-likeness (QED) is 0.615. The molecule has 1 fully saturated rings. The number of rotatable bonds is 5. The van der Waals surface area contributed by atoms with E-state index in [-0.39, 0.29) is 11.2 Å². The van der Waals surface area contributed by atoms with Gasteiger partial charge in [-0.15, -0.1) is 0 Å². The molecule has 1 aromatic rings. The van der Waals surface area contributed by atoms with Gasteiger partial charge in [0.2, 0.25) is 11.8 Å². The smallest absolute Gasteiger partial charge is 0.329 e. The molecule has 1 saturated carbocycles. The van der Waals surface area contributed by atoms with Crippen LogP contribution >= 0.6 is 0 Å². The van der Waals surface area contributed by atoms with Crippen molar-refractivity contribution >= 4 is 17.5 Å². The third kappa shape index (κ3) is 2.20. The first-order valence-corrected chi connectivity index (χ1v) is 6.07. The molecule has 1 aliphatic rings. The van der Waals surface area contributed by atoms with Gasteiger partial charge in [0.25, 0.3) is 0 Å². The van der Waals surface area contributed by atoms with Crippen LogP contribution in [0.3, 0.4) is 0 Å². The summed E-state index contributed by atoms with van der Waals surface area (Å²) < 4.78 is 0. The van der Waals surface area contributed by atoms with Gasteiger partial charge in [-0.2, -0.15) is 4.98 Å². The van der Waals surface area contributed by atoms with Crippen molar-refractivity contribution in [2.75, 3.05) is 17.7 Å². The second kappa shape index (κ2) is 4.75. The molecule has 0 aliphatic heterocycles. The van der Waals surface area contributed by atoms with Gasteiger partial charge in [-0.25, -0.2) is 4.98 Å². The van der Waals surface area contributed by atoms with E-state index in [1.807, 2.05) is 0 Å². The maximum atomic E-state index is 11.0. The molecule has 2 N–H and O–H groups in total. The average molecular weight is 251 g/mol. The van der Waals surface area contributed by atoms with Gasteiger partial charge in [-0.05, 0) is 25.7 Å². The molecule has 0 spiro atoms. The molecule has 0 saturated heterocycles. The first kappa shape index (κ1) is 12.5. The first-order valence-electron chi connectivity index (χ1n) is 6.07. The summed E-state index contributed by atoms with van der Waals surface area (Å²) in [6, 6.07) is 0. The molecule has 1 aromatic heterocycles. The summed E-state index contributed by atoms with van der Waals surface area (Å²) in [6.45, 7) is 2.08. The van der Waals surface area contributed by atoms with Crippen LogP contribution in [0.4, 0.5) is 17.5 Å². The zero-order chi connectivity index (χ0) is 13.2. The summed E-state index contributed by atoms with van der Waals surface area (Å²) >= 11 is 0. The Morgan fingerprint density at radius 1 is 1.56 bits per heavy atom. The molecule has 7 heteroatoms. The van der Waals surface area contributed by atoms with Gasteiger partial charge in [-0.3, -0.25) is 10.1 Å². The highest BCUT2D eigenvalue weighted by molar-refractivity contribution is 5.58. The largest absolute Gasteiger partial charge is 0.359 e. The monoisotopic (exact) mass is 251 g/mol. The molecule has 1 heterocycles. The van der Waals surface area contributed by atoms with Crippen LogP contribution in [0.15, 0.2) is 6.20 Å². The van der Waals surface area contributed by atoms with Gasteiger partial charge in [0.15, 0.2) is 0 Å². The van der Waals surface area contributed by atoms with Gasteiger partial charge in [0.05, 0.1) is 4.92 Å². The lowest BCUT2D eigenvalue weighted by atomic mass is 9.75. The number of anilines is 2. The van der Waals surface area contributed by atoms with E-state index in [1.165, 1.54) is 6.20 Å². The Morgan fingerprint density at radius 2 is 2.28 bits per heavy atom. The van der Waals surface area contributed by atoms with E-state index in [0.717, 1.165) is 25.7 Å². The summed E-state index contributed by atoms with van der Waals surface area (Å²) in [5.74, 6) is 0.689. The fourth-order valence-corrected chi connectivity index (χ4v) is 2.14. The Hall–Kier alpha value is -1.92. The molecule has 0 atom stereocenters. The average Bonchev–Trinajstić information content (AvgIpc) is 2.33. The van der Waals surface area contributed by atoms with Crippen LogP contribution in [-0.4, -0.2) is 27.5 Å². The maximum absolute atomic E-state index is 11.0. The van der Waals surface area contributed by atoms with Crippen molar-refractivity contribution in [1.82, 2.24) is 9.97 Å². The van der Waals surface area contributed by atoms with Crippen LogP contribution in [0.5, 0.6) is 0 Å². The minimum Gasteiger partial charge on any atom is -0.359 e. The maximum Gasteiger partial charge on any atom is 0.329 e. The third-order valence-electron chi connectivity index (χ3n) is 3.56. The number of nitro groups is 1. The first-order chi connectivity index (χ1) is 8.60. The van der Waals surface area contributed by atoms with Crippen LogP contribution in [0.25, 0.3) is 0 Å². The highest BCUT2D eigenvalue weighted by Gasteiger charge is 2.37. The van der Waals surface area contributed by atoms with E-state index in [9.17, 15) is 10.1 Å². The Kier molecular flexibility index (Phi) is 3.31. The molecule has 98 valence electrons. The van der Waals surface area contributed by atoms with Crippen molar-refractivity contribution in [3.63, 3.8) is 0 Å². The Bertz CT molecular complexity index is 453. The normalized spacial score (nSPS) is 16.8. The van der Waals surface area contributed by atoms with Crippen molar-refractivity contribution in [3.8, 4) is 0 Å². The minimum absolute atomic E-state index is 0.0376. The fraction of sp³-hybridized carbons (Fsp3) is 0.636. The summed E-state index contributed by atoms with van der Waals surface area (Å²) in [4.78, 5) is 18.5. The molecular formula is C11H17N5O2. The molecule has 2 rings (SSSR count). The fourth-order valence-electron chi connectivity index (χ4n) is 2.14. The van der Waals surface area contributed by atoms with E-state index < -0.39 is 4.92 Å². The standard InChI is InChI=1S/C11H17N5O2/c1-3-11(5-4-6-11)15-9-8(16(17)18)7-13-10(12-2)14-9/h7H,3-6H2,1-2H3,(H2,12,13,14,15). The summed E-state index contributed by atoms with van der Waals surface area (Å²) in [5.41, 5.74) is -0.113. The zero-order valence-electron chi connectivity index (χ0n) is 10.6. The molecule has 0 aromatic carbocycles. The molecule has 0 bridgehead atoms.